The van der Waals surface area contributed by atoms with Gasteiger partial charge in [0.15, 0.2) is 0 Å². The Hall–Kier alpha value is -4.18. The summed E-state index contributed by atoms with van der Waals surface area (Å²) < 4.78 is 0. The highest BCUT2D eigenvalue weighted by molar-refractivity contribution is 5.90. The molecule has 2 heterocycles. The Labute approximate surface area is 173 Å². The van der Waals surface area contributed by atoms with Gasteiger partial charge in [-0.2, -0.15) is 0 Å². The number of H-pyrrole nitrogens is 2. The molecule has 0 saturated heterocycles. The molecule has 0 aliphatic rings. The summed E-state index contributed by atoms with van der Waals surface area (Å²) in [5, 5.41) is 2.40. The largest absolute Gasteiger partial charge is 0.345 e. The van der Waals surface area contributed by atoms with Crippen molar-refractivity contribution in [1.29, 1.82) is 0 Å². The molecular formula is C26H18N4. The van der Waals surface area contributed by atoms with Crippen LogP contribution >= 0.6 is 0 Å². The normalized spacial score (nSPS) is 11.3. The molecule has 0 amide bonds. The van der Waals surface area contributed by atoms with Crippen LogP contribution in [-0.2, 0) is 0 Å². The molecule has 0 bridgehead atoms. The van der Waals surface area contributed by atoms with Crippen LogP contribution in [0.25, 0.3) is 55.7 Å². The van der Waals surface area contributed by atoms with Crippen LogP contribution in [0, 0.1) is 0 Å². The van der Waals surface area contributed by atoms with Crippen molar-refractivity contribution < 1.29 is 0 Å². The number of aromatic nitrogens is 4. The predicted molar refractivity (Wildman–Crippen MR) is 122 cm³/mol. The molecule has 0 saturated carbocycles. The fourth-order valence-corrected chi connectivity index (χ4v) is 3.93. The molecule has 0 unspecified atom stereocenters. The fraction of sp³-hybridized carbons (Fsp3) is 0. The second-order valence-electron chi connectivity index (χ2n) is 7.40. The van der Waals surface area contributed by atoms with Gasteiger partial charge in [0, 0.05) is 23.5 Å². The molecule has 142 valence electrons. The molecule has 2 aromatic heterocycles. The molecule has 0 spiro atoms. The third kappa shape index (κ3) is 2.86. The summed E-state index contributed by atoms with van der Waals surface area (Å²) >= 11 is 0. The van der Waals surface area contributed by atoms with Crippen LogP contribution in [-0.4, -0.2) is 19.9 Å². The Morgan fingerprint density at radius 3 is 2.17 bits per heavy atom. The van der Waals surface area contributed by atoms with Crippen molar-refractivity contribution in [2.45, 2.75) is 0 Å². The van der Waals surface area contributed by atoms with E-state index in [-0.39, 0.29) is 0 Å². The summed E-state index contributed by atoms with van der Waals surface area (Å²) in [4.78, 5) is 15.7. The monoisotopic (exact) mass is 386 g/mol. The number of imidazole rings is 2. The third-order valence-corrected chi connectivity index (χ3v) is 5.47. The zero-order chi connectivity index (χ0) is 19.9. The standard InChI is InChI=1S/C26H18N4/c1-2-7-24-23(6-1)29-26(30-24)21-5-3-4-17(15-21)18-8-9-20-16-22(11-10-19(20)14-18)25-27-12-13-28-25/h1-16H,(H,27,28)(H,29,30). The molecule has 6 rings (SSSR count). The van der Waals surface area contributed by atoms with Crippen LogP contribution in [0.2, 0.25) is 0 Å². The van der Waals surface area contributed by atoms with Gasteiger partial charge < -0.3 is 9.97 Å². The summed E-state index contributed by atoms with van der Waals surface area (Å²) in [6, 6.07) is 29.6. The number of hydrogen-bond donors (Lipinski definition) is 2. The van der Waals surface area contributed by atoms with Gasteiger partial charge in [0.1, 0.15) is 11.6 Å². The average Bonchev–Trinajstić information content (AvgIpc) is 3.49. The summed E-state index contributed by atoms with van der Waals surface area (Å²) in [5.74, 6) is 1.78. The number of fused-ring (bicyclic) bond motifs is 2. The number of para-hydroxylation sites is 2. The van der Waals surface area contributed by atoms with E-state index >= 15 is 0 Å². The second-order valence-corrected chi connectivity index (χ2v) is 7.40. The van der Waals surface area contributed by atoms with E-state index in [0.717, 1.165) is 33.8 Å². The smallest absolute Gasteiger partial charge is 0.138 e. The van der Waals surface area contributed by atoms with Crippen LogP contribution in [0.15, 0.2) is 97.3 Å². The number of nitrogens with zero attached hydrogens (tertiary/aromatic N) is 2. The first-order valence-corrected chi connectivity index (χ1v) is 9.93. The maximum atomic E-state index is 4.74. The first kappa shape index (κ1) is 16.7. The molecule has 0 aliphatic heterocycles. The summed E-state index contributed by atoms with van der Waals surface area (Å²) in [6.45, 7) is 0. The van der Waals surface area contributed by atoms with Crippen molar-refractivity contribution in [2.75, 3.05) is 0 Å². The van der Waals surface area contributed by atoms with Crippen LogP contribution in [0.5, 0.6) is 0 Å². The summed E-state index contributed by atoms with van der Waals surface area (Å²) in [5.41, 5.74) is 6.56. The minimum Gasteiger partial charge on any atom is -0.345 e. The lowest BCUT2D eigenvalue weighted by Gasteiger charge is -2.07. The zero-order valence-electron chi connectivity index (χ0n) is 16.1. The molecule has 4 nitrogen and oxygen atoms in total. The Morgan fingerprint density at radius 1 is 0.600 bits per heavy atom. The number of benzene rings is 4. The Morgan fingerprint density at radius 2 is 1.33 bits per heavy atom. The summed E-state index contributed by atoms with van der Waals surface area (Å²) in [6.07, 6.45) is 3.62. The number of hydrogen-bond acceptors (Lipinski definition) is 2. The molecule has 0 fully saturated rings. The van der Waals surface area contributed by atoms with E-state index in [1.54, 1.807) is 6.20 Å². The Kier molecular flexibility index (Phi) is 3.74. The Balaban J connectivity index is 1.39. The minimum atomic E-state index is 0.888. The highest BCUT2D eigenvalue weighted by atomic mass is 14.9. The van der Waals surface area contributed by atoms with Crippen molar-refractivity contribution in [3.05, 3.63) is 97.3 Å². The number of aromatic amines is 2. The number of rotatable bonds is 3. The molecule has 0 atom stereocenters. The first-order chi connectivity index (χ1) is 14.8. The van der Waals surface area contributed by atoms with Gasteiger partial charge in [0.2, 0.25) is 0 Å². The van der Waals surface area contributed by atoms with Gasteiger partial charge >= 0.3 is 0 Å². The molecule has 6 aromatic rings. The topological polar surface area (TPSA) is 57.4 Å². The molecule has 2 N–H and O–H groups in total. The van der Waals surface area contributed by atoms with Gasteiger partial charge in [-0.15, -0.1) is 0 Å². The maximum absolute atomic E-state index is 4.74. The summed E-state index contributed by atoms with van der Waals surface area (Å²) in [7, 11) is 0. The van der Waals surface area contributed by atoms with Gasteiger partial charge in [-0.1, -0.05) is 54.6 Å². The minimum absolute atomic E-state index is 0.888. The van der Waals surface area contributed by atoms with E-state index in [1.165, 1.54) is 21.9 Å². The van der Waals surface area contributed by atoms with Gasteiger partial charge in [0.05, 0.1) is 11.0 Å². The number of nitrogens with one attached hydrogen (secondary N) is 2. The molecular weight excluding hydrogens is 368 g/mol. The van der Waals surface area contributed by atoms with Crippen LogP contribution < -0.4 is 0 Å². The van der Waals surface area contributed by atoms with Crippen molar-refractivity contribution in [2.24, 2.45) is 0 Å². The molecule has 4 heteroatoms. The van der Waals surface area contributed by atoms with E-state index in [4.69, 9.17) is 4.98 Å². The molecule has 4 aromatic carbocycles. The maximum Gasteiger partial charge on any atom is 0.138 e. The molecule has 0 aliphatic carbocycles. The SMILES string of the molecule is c1cc(-c2ccc3cc(-c4ncc[nH]4)ccc3c2)cc(-c2nc3ccccc3[nH]2)c1. The molecule has 30 heavy (non-hydrogen) atoms. The highest BCUT2D eigenvalue weighted by Crippen LogP contribution is 2.30. The van der Waals surface area contributed by atoms with Crippen LogP contribution in [0.1, 0.15) is 0 Å². The van der Waals surface area contributed by atoms with Gasteiger partial charge in [-0.3, -0.25) is 0 Å². The van der Waals surface area contributed by atoms with Crippen LogP contribution in [0.4, 0.5) is 0 Å². The van der Waals surface area contributed by atoms with Gasteiger partial charge in [-0.05, 0) is 52.2 Å². The average molecular weight is 386 g/mol. The van der Waals surface area contributed by atoms with Crippen LogP contribution in [0.3, 0.4) is 0 Å². The van der Waals surface area contributed by atoms with E-state index in [0.29, 0.717) is 0 Å². The molecule has 0 radical (unpaired) electrons. The first-order valence-electron chi connectivity index (χ1n) is 9.93. The lowest BCUT2D eigenvalue weighted by Crippen LogP contribution is -1.85. The zero-order valence-corrected chi connectivity index (χ0v) is 16.1. The van der Waals surface area contributed by atoms with Crippen molar-refractivity contribution in [1.82, 2.24) is 19.9 Å². The second kappa shape index (κ2) is 6.71. The van der Waals surface area contributed by atoms with Crippen molar-refractivity contribution in [3.8, 4) is 33.9 Å². The predicted octanol–water partition coefficient (Wildman–Crippen LogP) is 6.44. The van der Waals surface area contributed by atoms with E-state index in [1.807, 2.05) is 24.4 Å². The van der Waals surface area contributed by atoms with E-state index in [2.05, 4.69) is 81.7 Å². The van der Waals surface area contributed by atoms with Gasteiger partial charge in [0.25, 0.3) is 0 Å². The highest BCUT2D eigenvalue weighted by Gasteiger charge is 2.08. The Bertz CT molecular complexity index is 1460. The van der Waals surface area contributed by atoms with Crippen molar-refractivity contribution in [3.63, 3.8) is 0 Å². The van der Waals surface area contributed by atoms with E-state index in [9.17, 15) is 0 Å². The lowest BCUT2D eigenvalue weighted by atomic mass is 9.98. The lowest BCUT2D eigenvalue weighted by molar-refractivity contribution is 1.31. The fourth-order valence-electron chi connectivity index (χ4n) is 3.93. The quantitative estimate of drug-likeness (QED) is 0.368. The van der Waals surface area contributed by atoms with Gasteiger partial charge in [-0.25, -0.2) is 9.97 Å². The van der Waals surface area contributed by atoms with Crippen molar-refractivity contribution >= 4 is 21.8 Å². The third-order valence-electron chi connectivity index (χ3n) is 5.47. The van der Waals surface area contributed by atoms with E-state index < -0.39 is 0 Å².